The molecule has 2 aromatic carbocycles. The first-order chi connectivity index (χ1) is 12.2. The van der Waals surface area contributed by atoms with Gasteiger partial charge in [0.25, 0.3) is 0 Å². The van der Waals surface area contributed by atoms with Gasteiger partial charge in [-0.3, -0.25) is 0 Å². The molecule has 0 aliphatic carbocycles. The summed E-state index contributed by atoms with van der Waals surface area (Å²) in [5, 5.41) is 6.82. The second-order valence-corrected chi connectivity index (χ2v) is 5.98. The average Bonchev–Trinajstić information content (AvgIpc) is 2.63. The molecule has 2 N–H and O–H groups in total. The number of benzene rings is 2. The largest absolute Gasteiger partial charge is 0.370 e. The first-order valence-electron chi connectivity index (χ1n) is 8.73. The predicted molar refractivity (Wildman–Crippen MR) is 105 cm³/mol. The minimum absolute atomic E-state index is 0.751. The van der Waals surface area contributed by atoms with Crippen molar-refractivity contribution in [2.45, 2.75) is 26.7 Å². The Balaban J connectivity index is 1.68. The molecule has 0 amide bonds. The molecule has 0 radical (unpaired) electrons. The molecule has 0 saturated heterocycles. The Kier molecular flexibility index (Phi) is 5.62. The highest BCUT2D eigenvalue weighted by atomic mass is 15.1. The van der Waals surface area contributed by atoms with Crippen molar-refractivity contribution in [3.05, 3.63) is 77.6 Å². The standard InChI is InChI=1S/C21H24N4/c1-3-18-11-7-8-12-19(18)25-21-15-20(23-16(2)24-21)22-14-13-17-9-5-4-6-10-17/h4-12,15H,3,13-14H2,1-2H3,(H2,22,23,24,25). The van der Waals surface area contributed by atoms with Crippen LogP contribution < -0.4 is 10.6 Å². The Morgan fingerprint density at radius 1 is 0.880 bits per heavy atom. The number of hydrogen-bond donors (Lipinski definition) is 2. The summed E-state index contributed by atoms with van der Waals surface area (Å²) in [5.74, 6) is 2.41. The zero-order valence-electron chi connectivity index (χ0n) is 14.8. The minimum Gasteiger partial charge on any atom is -0.370 e. The number of nitrogens with zero attached hydrogens (tertiary/aromatic N) is 2. The van der Waals surface area contributed by atoms with E-state index >= 15 is 0 Å². The number of aromatic nitrogens is 2. The fourth-order valence-corrected chi connectivity index (χ4v) is 2.79. The number of aryl methyl sites for hydroxylation is 2. The summed E-state index contributed by atoms with van der Waals surface area (Å²) in [6.07, 6.45) is 1.95. The summed E-state index contributed by atoms with van der Waals surface area (Å²) in [6.45, 7) is 4.91. The van der Waals surface area contributed by atoms with Crippen LogP contribution in [0.4, 0.5) is 17.3 Å². The van der Waals surface area contributed by atoms with Gasteiger partial charge in [-0.25, -0.2) is 9.97 Å². The molecular formula is C21H24N4. The molecule has 4 nitrogen and oxygen atoms in total. The van der Waals surface area contributed by atoms with Crippen molar-refractivity contribution in [1.82, 2.24) is 9.97 Å². The lowest BCUT2D eigenvalue weighted by molar-refractivity contribution is 0.982. The van der Waals surface area contributed by atoms with E-state index in [4.69, 9.17) is 0 Å². The summed E-state index contributed by atoms with van der Waals surface area (Å²) < 4.78 is 0. The molecule has 0 spiro atoms. The van der Waals surface area contributed by atoms with Crippen LogP contribution in [0.1, 0.15) is 23.9 Å². The van der Waals surface area contributed by atoms with Gasteiger partial charge in [0, 0.05) is 18.3 Å². The minimum atomic E-state index is 0.751. The molecule has 1 aromatic heterocycles. The van der Waals surface area contributed by atoms with Gasteiger partial charge < -0.3 is 10.6 Å². The molecule has 1 heterocycles. The van der Waals surface area contributed by atoms with Gasteiger partial charge in [0.15, 0.2) is 0 Å². The highest BCUT2D eigenvalue weighted by molar-refractivity contribution is 5.62. The van der Waals surface area contributed by atoms with Crippen molar-refractivity contribution in [2.24, 2.45) is 0 Å². The van der Waals surface area contributed by atoms with Crippen molar-refractivity contribution in [3.63, 3.8) is 0 Å². The second-order valence-electron chi connectivity index (χ2n) is 5.98. The van der Waals surface area contributed by atoms with Crippen LogP contribution in [0.2, 0.25) is 0 Å². The fourth-order valence-electron chi connectivity index (χ4n) is 2.79. The van der Waals surface area contributed by atoms with Crippen LogP contribution in [-0.2, 0) is 12.8 Å². The zero-order chi connectivity index (χ0) is 17.5. The van der Waals surface area contributed by atoms with E-state index in [1.54, 1.807) is 0 Å². The molecule has 0 aliphatic heterocycles. The lowest BCUT2D eigenvalue weighted by Crippen LogP contribution is -2.08. The molecule has 0 aliphatic rings. The Morgan fingerprint density at radius 2 is 1.60 bits per heavy atom. The summed E-state index contributed by atoms with van der Waals surface area (Å²) >= 11 is 0. The van der Waals surface area contributed by atoms with Crippen LogP contribution in [0.3, 0.4) is 0 Å². The summed E-state index contributed by atoms with van der Waals surface area (Å²) in [7, 11) is 0. The van der Waals surface area contributed by atoms with Gasteiger partial charge in [0.2, 0.25) is 0 Å². The topological polar surface area (TPSA) is 49.8 Å². The van der Waals surface area contributed by atoms with Gasteiger partial charge in [-0.15, -0.1) is 0 Å². The Labute approximate surface area is 149 Å². The lowest BCUT2D eigenvalue weighted by Gasteiger charge is -2.12. The molecular weight excluding hydrogens is 308 g/mol. The monoisotopic (exact) mass is 332 g/mol. The van der Waals surface area contributed by atoms with Gasteiger partial charge in [0.05, 0.1) is 0 Å². The Hall–Kier alpha value is -2.88. The molecule has 0 saturated carbocycles. The van der Waals surface area contributed by atoms with E-state index in [1.807, 2.05) is 25.1 Å². The zero-order valence-corrected chi connectivity index (χ0v) is 14.8. The Bertz CT molecular complexity index is 815. The molecule has 128 valence electrons. The number of hydrogen-bond acceptors (Lipinski definition) is 4. The third kappa shape index (κ3) is 4.80. The predicted octanol–water partition coefficient (Wildman–Crippen LogP) is 4.75. The average molecular weight is 332 g/mol. The molecule has 0 fully saturated rings. The molecule has 0 unspecified atom stereocenters. The molecule has 4 heteroatoms. The summed E-state index contributed by atoms with van der Waals surface area (Å²) in [5.41, 5.74) is 3.69. The van der Waals surface area contributed by atoms with Gasteiger partial charge in [-0.1, -0.05) is 55.5 Å². The number of anilines is 3. The molecule has 25 heavy (non-hydrogen) atoms. The van der Waals surface area contributed by atoms with Crippen molar-refractivity contribution < 1.29 is 0 Å². The molecule has 3 rings (SSSR count). The highest BCUT2D eigenvalue weighted by Gasteiger charge is 2.05. The van der Waals surface area contributed by atoms with Crippen molar-refractivity contribution >= 4 is 17.3 Å². The van der Waals surface area contributed by atoms with E-state index in [2.05, 4.69) is 70.0 Å². The maximum Gasteiger partial charge on any atom is 0.136 e. The van der Waals surface area contributed by atoms with Crippen LogP contribution in [0, 0.1) is 6.92 Å². The fraction of sp³-hybridized carbons (Fsp3) is 0.238. The van der Waals surface area contributed by atoms with Crippen LogP contribution in [0.25, 0.3) is 0 Å². The van der Waals surface area contributed by atoms with Gasteiger partial charge >= 0.3 is 0 Å². The first kappa shape index (κ1) is 17.0. The van der Waals surface area contributed by atoms with E-state index < -0.39 is 0 Å². The summed E-state index contributed by atoms with van der Waals surface area (Å²) in [6, 6.07) is 20.7. The summed E-state index contributed by atoms with van der Waals surface area (Å²) in [4.78, 5) is 9.00. The molecule has 3 aromatic rings. The highest BCUT2D eigenvalue weighted by Crippen LogP contribution is 2.21. The van der Waals surface area contributed by atoms with E-state index in [0.29, 0.717) is 0 Å². The number of para-hydroxylation sites is 1. The van der Waals surface area contributed by atoms with Crippen LogP contribution >= 0.6 is 0 Å². The first-order valence-corrected chi connectivity index (χ1v) is 8.73. The van der Waals surface area contributed by atoms with Gasteiger partial charge in [-0.05, 0) is 37.0 Å². The van der Waals surface area contributed by atoms with Crippen LogP contribution in [0.15, 0.2) is 60.7 Å². The van der Waals surface area contributed by atoms with Crippen molar-refractivity contribution in [1.29, 1.82) is 0 Å². The van der Waals surface area contributed by atoms with Crippen molar-refractivity contribution in [2.75, 3.05) is 17.2 Å². The third-order valence-electron chi connectivity index (χ3n) is 4.06. The third-order valence-corrected chi connectivity index (χ3v) is 4.06. The van der Waals surface area contributed by atoms with E-state index in [1.165, 1.54) is 11.1 Å². The maximum atomic E-state index is 4.51. The lowest BCUT2D eigenvalue weighted by atomic mass is 10.1. The normalized spacial score (nSPS) is 10.5. The molecule has 0 bridgehead atoms. The SMILES string of the molecule is CCc1ccccc1Nc1cc(NCCc2ccccc2)nc(C)n1. The van der Waals surface area contributed by atoms with Crippen LogP contribution in [-0.4, -0.2) is 16.5 Å². The van der Waals surface area contributed by atoms with Gasteiger partial charge in [0.1, 0.15) is 17.5 Å². The quantitative estimate of drug-likeness (QED) is 0.656. The van der Waals surface area contributed by atoms with Crippen molar-refractivity contribution in [3.8, 4) is 0 Å². The molecule has 0 atom stereocenters. The van der Waals surface area contributed by atoms with E-state index in [9.17, 15) is 0 Å². The second kappa shape index (κ2) is 8.29. The Morgan fingerprint density at radius 3 is 2.40 bits per heavy atom. The maximum absolute atomic E-state index is 4.51. The van der Waals surface area contributed by atoms with Crippen LogP contribution in [0.5, 0.6) is 0 Å². The van der Waals surface area contributed by atoms with Gasteiger partial charge in [-0.2, -0.15) is 0 Å². The van der Waals surface area contributed by atoms with E-state index in [0.717, 1.165) is 42.5 Å². The number of rotatable bonds is 7. The smallest absolute Gasteiger partial charge is 0.136 e. The number of nitrogens with one attached hydrogen (secondary N) is 2. The van der Waals surface area contributed by atoms with E-state index in [-0.39, 0.29) is 0 Å².